The standard InChI is InChI=1S/C21H24BrN3O2/c22-17-8-6-9-18(14-17)23-15-20(26)24-19-10-5-7-16(13-19)21(27)25-11-3-1-2-4-12-25/h5-10,13-14,23H,1-4,11-12,15H2,(H,24,26). The van der Waals surface area contributed by atoms with Crippen LogP contribution in [-0.4, -0.2) is 36.3 Å². The monoisotopic (exact) mass is 429 g/mol. The lowest BCUT2D eigenvalue weighted by molar-refractivity contribution is -0.114. The van der Waals surface area contributed by atoms with Crippen molar-refractivity contribution in [3.05, 3.63) is 58.6 Å². The van der Waals surface area contributed by atoms with Crippen LogP contribution in [0.25, 0.3) is 0 Å². The molecule has 1 saturated heterocycles. The predicted molar refractivity (Wildman–Crippen MR) is 112 cm³/mol. The van der Waals surface area contributed by atoms with E-state index in [0.29, 0.717) is 11.3 Å². The first-order valence-electron chi connectivity index (χ1n) is 9.30. The Morgan fingerprint density at radius 2 is 1.63 bits per heavy atom. The van der Waals surface area contributed by atoms with Gasteiger partial charge in [0.2, 0.25) is 5.91 Å². The number of benzene rings is 2. The molecule has 6 heteroatoms. The summed E-state index contributed by atoms with van der Waals surface area (Å²) in [7, 11) is 0. The third kappa shape index (κ3) is 5.82. The molecule has 0 aromatic heterocycles. The van der Waals surface area contributed by atoms with Crippen LogP contribution < -0.4 is 10.6 Å². The van der Waals surface area contributed by atoms with Gasteiger partial charge in [0, 0.05) is 34.5 Å². The van der Waals surface area contributed by atoms with E-state index in [1.807, 2.05) is 41.3 Å². The fraction of sp³-hybridized carbons (Fsp3) is 0.333. The first-order chi connectivity index (χ1) is 13.1. The van der Waals surface area contributed by atoms with Gasteiger partial charge in [0.25, 0.3) is 5.91 Å². The Morgan fingerprint density at radius 3 is 2.37 bits per heavy atom. The largest absolute Gasteiger partial charge is 0.376 e. The predicted octanol–water partition coefficient (Wildman–Crippen LogP) is 4.52. The number of anilines is 2. The lowest BCUT2D eigenvalue weighted by Crippen LogP contribution is -2.31. The third-order valence-electron chi connectivity index (χ3n) is 4.56. The van der Waals surface area contributed by atoms with E-state index in [2.05, 4.69) is 26.6 Å². The average Bonchev–Trinajstić information content (AvgIpc) is 2.95. The summed E-state index contributed by atoms with van der Waals surface area (Å²) < 4.78 is 0.952. The molecule has 27 heavy (non-hydrogen) atoms. The van der Waals surface area contributed by atoms with Crippen LogP contribution in [0.3, 0.4) is 0 Å². The Kier molecular flexibility index (Phi) is 6.87. The molecule has 0 saturated carbocycles. The Hall–Kier alpha value is -2.34. The van der Waals surface area contributed by atoms with Crippen molar-refractivity contribution < 1.29 is 9.59 Å². The molecule has 1 aliphatic rings. The molecule has 142 valence electrons. The van der Waals surface area contributed by atoms with Gasteiger partial charge in [-0.2, -0.15) is 0 Å². The van der Waals surface area contributed by atoms with Crippen molar-refractivity contribution in [2.45, 2.75) is 25.7 Å². The number of nitrogens with zero attached hydrogens (tertiary/aromatic N) is 1. The van der Waals surface area contributed by atoms with E-state index in [1.54, 1.807) is 12.1 Å². The molecule has 2 N–H and O–H groups in total. The Bertz CT molecular complexity index is 802. The normalized spacial score (nSPS) is 14.3. The minimum absolute atomic E-state index is 0.0419. The van der Waals surface area contributed by atoms with Gasteiger partial charge in [0.1, 0.15) is 0 Å². The smallest absolute Gasteiger partial charge is 0.253 e. The molecule has 3 rings (SSSR count). The van der Waals surface area contributed by atoms with Crippen molar-refractivity contribution >= 4 is 39.1 Å². The summed E-state index contributed by atoms with van der Waals surface area (Å²) in [4.78, 5) is 26.9. The van der Waals surface area contributed by atoms with Gasteiger partial charge in [0.05, 0.1) is 6.54 Å². The van der Waals surface area contributed by atoms with Crippen LogP contribution >= 0.6 is 15.9 Å². The highest BCUT2D eigenvalue weighted by Gasteiger charge is 2.17. The molecule has 0 bridgehead atoms. The van der Waals surface area contributed by atoms with Gasteiger partial charge in [-0.25, -0.2) is 0 Å². The van der Waals surface area contributed by atoms with Gasteiger partial charge >= 0.3 is 0 Å². The maximum Gasteiger partial charge on any atom is 0.253 e. The number of likely N-dealkylation sites (tertiary alicyclic amines) is 1. The fourth-order valence-electron chi connectivity index (χ4n) is 3.17. The molecular formula is C21H24BrN3O2. The van der Waals surface area contributed by atoms with Gasteiger partial charge in [0.15, 0.2) is 0 Å². The lowest BCUT2D eigenvalue weighted by Gasteiger charge is -2.20. The number of carbonyl (C=O) groups is 2. The highest BCUT2D eigenvalue weighted by atomic mass is 79.9. The van der Waals surface area contributed by atoms with Crippen molar-refractivity contribution in [3.8, 4) is 0 Å². The minimum atomic E-state index is -0.158. The number of carbonyl (C=O) groups excluding carboxylic acids is 2. The number of hydrogen-bond acceptors (Lipinski definition) is 3. The second kappa shape index (κ2) is 9.55. The number of hydrogen-bond donors (Lipinski definition) is 2. The van der Waals surface area contributed by atoms with E-state index < -0.39 is 0 Å². The number of nitrogens with one attached hydrogen (secondary N) is 2. The zero-order chi connectivity index (χ0) is 19.1. The molecular weight excluding hydrogens is 406 g/mol. The number of amides is 2. The van der Waals surface area contributed by atoms with Gasteiger partial charge < -0.3 is 15.5 Å². The molecule has 1 heterocycles. The molecule has 0 atom stereocenters. The van der Waals surface area contributed by atoms with Gasteiger partial charge in [-0.3, -0.25) is 9.59 Å². The molecule has 2 aromatic carbocycles. The van der Waals surface area contributed by atoms with E-state index >= 15 is 0 Å². The van der Waals surface area contributed by atoms with E-state index in [-0.39, 0.29) is 18.4 Å². The molecule has 0 unspecified atom stereocenters. The topological polar surface area (TPSA) is 61.4 Å². The summed E-state index contributed by atoms with van der Waals surface area (Å²) in [6.07, 6.45) is 4.49. The Balaban J connectivity index is 1.58. The van der Waals surface area contributed by atoms with E-state index in [4.69, 9.17) is 0 Å². The van der Waals surface area contributed by atoms with Crippen molar-refractivity contribution in [2.75, 3.05) is 30.3 Å². The molecule has 0 radical (unpaired) electrons. The van der Waals surface area contributed by atoms with Crippen molar-refractivity contribution in [1.82, 2.24) is 4.90 Å². The van der Waals surface area contributed by atoms with Crippen LogP contribution in [0.15, 0.2) is 53.0 Å². The van der Waals surface area contributed by atoms with E-state index in [9.17, 15) is 9.59 Å². The maximum atomic E-state index is 12.7. The summed E-state index contributed by atoms with van der Waals surface area (Å²) >= 11 is 3.41. The van der Waals surface area contributed by atoms with Crippen LogP contribution in [0, 0.1) is 0 Å². The van der Waals surface area contributed by atoms with Crippen LogP contribution in [0.5, 0.6) is 0 Å². The highest BCUT2D eigenvalue weighted by molar-refractivity contribution is 9.10. The second-order valence-corrected chi connectivity index (χ2v) is 7.61. The zero-order valence-electron chi connectivity index (χ0n) is 15.2. The minimum Gasteiger partial charge on any atom is -0.376 e. The number of halogens is 1. The summed E-state index contributed by atoms with van der Waals surface area (Å²) in [5.41, 5.74) is 2.12. The van der Waals surface area contributed by atoms with Crippen LogP contribution in [-0.2, 0) is 4.79 Å². The third-order valence-corrected chi connectivity index (χ3v) is 5.06. The SMILES string of the molecule is O=C(CNc1cccc(Br)c1)Nc1cccc(C(=O)N2CCCCCC2)c1. The first kappa shape index (κ1) is 19.4. The van der Waals surface area contributed by atoms with Crippen LogP contribution in [0.2, 0.25) is 0 Å². The summed E-state index contributed by atoms with van der Waals surface area (Å²) in [5.74, 6) is -0.116. The molecule has 5 nitrogen and oxygen atoms in total. The molecule has 1 fully saturated rings. The van der Waals surface area contributed by atoms with Crippen molar-refractivity contribution in [3.63, 3.8) is 0 Å². The average molecular weight is 430 g/mol. The van der Waals surface area contributed by atoms with E-state index in [0.717, 1.165) is 36.1 Å². The fourth-order valence-corrected chi connectivity index (χ4v) is 3.57. The molecule has 0 aliphatic carbocycles. The lowest BCUT2D eigenvalue weighted by atomic mass is 10.1. The van der Waals surface area contributed by atoms with Gasteiger partial charge in [-0.05, 0) is 49.2 Å². The zero-order valence-corrected chi connectivity index (χ0v) is 16.8. The molecule has 1 aliphatic heterocycles. The van der Waals surface area contributed by atoms with E-state index in [1.165, 1.54) is 12.8 Å². The van der Waals surface area contributed by atoms with Crippen LogP contribution in [0.4, 0.5) is 11.4 Å². The second-order valence-electron chi connectivity index (χ2n) is 6.70. The Morgan fingerprint density at radius 1 is 0.926 bits per heavy atom. The van der Waals surface area contributed by atoms with Gasteiger partial charge in [-0.1, -0.05) is 40.9 Å². The molecule has 2 amide bonds. The van der Waals surface area contributed by atoms with Gasteiger partial charge in [-0.15, -0.1) is 0 Å². The summed E-state index contributed by atoms with van der Waals surface area (Å²) in [5, 5.41) is 5.94. The Labute approximate surface area is 168 Å². The number of rotatable bonds is 5. The van der Waals surface area contributed by atoms with Crippen LogP contribution in [0.1, 0.15) is 36.0 Å². The highest BCUT2D eigenvalue weighted by Crippen LogP contribution is 2.17. The van der Waals surface area contributed by atoms with Crippen molar-refractivity contribution in [1.29, 1.82) is 0 Å². The molecule has 2 aromatic rings. The quantitative estimate of drug-likeness (QED) is 0.734. The summed E-state index contributed by atoms with van der Waals surface area (Å²) in [6.45, 7) is 1.78. The summed E-state index contributed by atoms with van der Waals surface area (Å²) in [6, 6.07) is 14.8. The first-order valence-corrected chi connectivity index (χ1v) is 10.1. The van der Waals surface area contributed by atoms with Crippen molar-refractivity contribution in [2.24, 2.45) is 0 Å². The molecule has 0 spiro atoms. The maximum absolute atomic E-state index is 12.7.